The van der Waals surface area contributed by atoms with Crippen LogP contribution in [0.3, 0.4) is 0 Å². The molecule has 1 heterocycles. The Morgan fingerprint density at radius 1 is 1.14 bits per heavy atom. The first kappa shape index (κ1) is 17.1. The molecule has 4 heteroatoms. The van der Waals surface area contributed by atoms with Crippen LogP contribution >= 0.6 is 0 Å². The van der Waals surface area contributed by atoms with Crippen LogP contribution in [-0.4, -0.2) is 27.7 Å². The van der Waals surface area contributed by atoms with E-state index in [1.807, 2.05) is 0 Å². The van der Waals surface area contributed by atoms with Crippen LogP contribution in [0, 0.1) is 0 Å². The quantitative estimate of drug-likeness (QED) is 0.902. The maximum atomic E-state index is 11.9. The second-order valence-electron chi connectivity index (χ2n) is 6.38. The number of hydrogen-bond donors (Lipinski definition) is 1. The molecule has 0 unspecified atom stereocenters. The van der Waals surface area contributed by atoms with E-state index in [1.54, 1.807) is 12.3 Å². The molecule has 1 saturated carbocycles. The van der Waals surface area contributed by atoms with Crippen molar-refractivity contribution in [2.75, 3.05) is 13.1 Å². The fourth-order valence-electron chi connectivity index (χ4n) is 3.43. The number of pyridine rings is 1. The van der Waals surface area contributed by atoms with Crippen molar-refractivity contribution in [1.82, 2.24) is 9.47 Å². The van der Waals surface area contributed by atoms with Crippen LogP contribution in [0.5, 0.6) is 5.75 Å². The van der Waals surface area contributed by atoms with Gasteiger partial charge in [-0.05, 0) is 25.9 Å². The Hall–Kier alpha value is -1.29. The van der Waals surface area contributed by atoms with Crippen molar-refractivity contribution in [3.63, 3.8) is 0 Å². The Kier molecular flexibility index (Phi) is 6.49. The minimum Gasteiger partial charge on any atom is -0.503 e. The van der Waals surface area contributed by atoms with E-state index < -0.39 is 0 Å². The summed E-state index contributed by atoms with van der Waals surface area (Å²) in [6.07, 6.45) is 10.4. The first-order chi connectivity index (χ1) is 10.7. The third kappa shape index (κ3) is 4.35. The molecule has 0 atom stereocenters. The van der Waals surface area contributed by atoms with E-state index in [4.69, 9.17) is 0 Å². The lowest BCUT2D eigenvalue weighted by Gasteiger charge is -2.28. The van der Waals surface area contributed by atoms with Crippen molar-refractivity contribution < 1.29 is 5.11 Å². The zero-order valence-corrected chi connectivity index (χ0v) is 14.1. The highest BCUT2D eigenvalue weighted by Crippen LogP contribution is 2.28. The molecule has 0 aromatic carbocycles. The number of rotatable bonds is 5. The summed E-state index contributed by atoms with van der Waals surface area (Å²) in [7, 11) is 0. The largest absolute Gasteiger partial charge is 0.503 e. The van der Waals surface area contributed by atoms with Gasteiger partial charge in [0.25, 0.3) is 0 Å². The van der Waals surface area contributed by atoms with Crippen LogP contribution in [0.15, 0.2) is 17.1 Å². The van der Waals surface area contributed by atoms with Gasteiger partial charge in [-0.2, -0.15) is 0 Å². The molecule has 1 aliphatic rings. The van der Waals surface area contributed by atoms with Gasteiger partial charge in [-0.25, -0.2) is 0 Å². The van der Waals surface area contributed by atoms with E-state index in [9.17, 15) is 9.90 Å². The molecule has 1 N–H and O–H groups in total. The van der Waals surface area contributed by atoms with Crippen LogP contribution in [0.4, 0.5) is 0 Å². The van der Waals surface area contributed by atoms with Gasteiger partial charge in [-0.15, -0.1) is 0 Å². The van der Waals surface area contributed by atoms with Gasteiger partial charge >= 0.3 is 0 Å². The van der Waals surface area contributed by atoms with E-state index in [1.165, 1.54) is 32.1 Å². The van der Waals surface area contributed by atoms with Crippen LogP contribution in [0.1, 0.15) is 70.5 Å². The van der Waals surface area contributed by atoms with Gasteiger partial charge in [-0.3, -0.25) is 9.69 Å². The van der Waals surface area contributed by atoms with Crippen LogP contribution < -0.4 is 5.43 Å². The van der Waals surface area contributed by atoms with Crippen LogP contribution in [0.2, 0.25) is 0 Å². The monoisotopic (exact) mass is 306 g/mol. The number of aromatic hydroxyl groups is 1. The maximum Gasteiger partial charge on any atom is 0.223 e. The van der Waals surface area contributed by atoms with Gasteiger partial charge in [0, 0.05) is 24.3 Å². The van der Waals surface area contributed by atoms with E-state index in [0.717, 1.165) is 38.2 Å². The van der Waals surface area contributed by atoms with Gasteiger partial charge in [0.15, 0.2) is 5.75 Å². The van der Waals surface area contributed by atoms with E-state index in [2.05, 4.69) is 23.3 Å². The molecule has 0 spiro atoms. The van der Waals surface area contributed by atoms with Crippen LogP contribution in [0.25, 0.3) is 0 Å². The predicted molar refractivity (Wildman–Crippen MR) is 90.3 cm³/mol. The lowest BCUT2D eigenvalue weighted by atomic mass is 9.96. The lowest BCUT2D eigenvalue weighted by molar-refractivity contribution is 0.274. The predicted octanol–water partition coefficient (Wildman–Crippen LogP) is 3.68. The van der Waals surface area contributed by atoms with Crippen molar-refractivity contribution in [3.05, 3.63) is 28.2 Å². The molecular formula is C18H30N2O2. The summed E-state index contributed by atoms with van der Waals surface area (Å²) in [6, 6.07) is 2.05. The molecule has 2 rings (SSSR count). The van der Waals surface area contributed by atoms with E-state index in [-0.39, 0.29) is 11.2 Å². The van der Waals surface area contributed by atoms with Crippen molar-refractivity contribution in [2.45, 2.75) is 71.4 Å². The molecular weight excluding hydrogens is 276 g/mol. The average molecular weight is 306 g/mol. The van der Waals surface area contributed by atoms with Crippen molar-refractivity contribution >= 4 is 0 Å². The maximum absolute atomic E-state index is 11.9. The second kappa shape index (κ2) is 8.37. The van der Waals surface area contributed by atoms with Gasteiger partial charge in [-0.1, -0.05) is 46.0 Å². The molecule has 0 radical (unpaired) electrons. The van der Waals surface area contributed by atoms with Gasteiger partial charge in [0.05, 0.1) is 6.20 Å². The third-order valence-electron chi connectivity index (χ3n) is 4.89. The van der Waals surface area contributed by atoms with E-state index >= 15 is 0 Å². The zero-order valence-electron chi connectivity index (χ0n) is 14.1. The zero-order chi connectivity index (χ0) is 15.9. The molecule has 0 bridgehead atoms. The summed E-state index contributed by atoms with van der Waals surface area (Å²) >= 11 is 0. The molecule has 1 fully saturated rings. The molecule has 124 valence electrons. The summed E-state index contributed by atoms with van der Waals surface area (Å²) < 4.78 is 2.18. The van der Waals surface area contributed by atoms with Gasteiger partial charge in [0.1, 0.15) is 0 Å². The molecule has 0 aliphatic heterocycles. The minimum atomic E-state index is -0.260. The first-order valence-corrected chi connectivity index (χ1v) is 8.82. The summed E-state index contributed by atoms with van der Waals surface area (Å²) in [5, 5.41) is 9.88. The highest BCUT2D eigenvalue weighted by atomic mass is 16.3. The van der Waals surface area contributed by atoms with Gasteiger partial charge in [0.2, 0.25) is 5.43 Å². The lowest BCUT2D eigenvalue weighted by Crippen LogP contribution is -2.27. The Bertz CT molecular complexity index is 512. The smallest absolute Gasteiger partial charge is 0.223 e. The van der Waals surface area contributed by atoms with Crippen LogP contribution in [-0.2, 0) is 6.54 Å². The second-order valence-corrected chi connectivity index (χ2v) is 6.38. The summed E-state index contributed by atoms with van der Waals surface area (Å²) in [5.41, 5.74) is 0.779. The van der Waals surface area contributed by atoms with Crippen molar-refractivity contribution in [1.29, 1.82) is 0 Å². The molecule has 1 aromatic rings. The Morgan fingerprint density at radius 2 is 1.73 bits per heavy atom. The summed E-state index contributed by atoms with van der Waals surface area (Å²) in [4.78, 5) is 14.2. The number of hydrogen-bond acceptors (Lipinski definition) is 3. The fourth-order valence-corrected chi connectivity index (χ4v) is 3.43. The minimum absolute atomic E-state index is 0.120. The Morgan fingerprint density at radius 3 is 2.32 bits per heavy atom. The number of aromatic nitrogens is 1. The molecule has 1 aromatic heterocycles. The van der Waals surface area contributed by atoms with Crippen molar-refractivity contribution in [3.8, 4) is 5.75 Å². The third-order valence-corrected chi connectivity index (χ3v) is 4.89. The molecule has 0 saturated heterocycles. The average Bonchev–Trinajstić information content (AvgIpc) is 2.48. The molecule has 4 nitrogen and oxygen atoms in total. The topological polar surface area (TPSA) is 45.5 Å². The Labute approximate surface area is 133 Å². The Balaban J connectivity index is 2.30. The first-order valence-electron chi connectivity index (χ1n) is 8.82. The SMILES string of the molecule is CCN(CC)Cc1cc(=O)c(O)cn1C1CCCCCCC1. The van der Waals surface area contributed by atoms with E-state index in [0.29, 0.717) is 6.04 Å². The standard InChI is InChI=1S/C18H30N2O2/c1-3-19(4-2)13-16-12-17(21)18(22)14-20(16)15-10-8-6-5-7-9-11-15/h12,14-15,22H,3-11,13H2,1-2H3. The summed E-state index contributed by atoms with van der Waals surface area (Å²) in [6.45, 7) is 7.00. The highest BCUT2D eigenvalue weighted by Gasteiger charge is 2.17. The normalized spacial score (nSPS) is 17.4. The summed E-state index contributed by atoms with van der Waals surface area (Å²) in [5.74, 6) is -0.120. The fraction of sp³-hybridized carbons (Fsp3) is 0.722. The molecule has 1 aliphatic carbocycles. The van der Waals surface area contributed by atoms with Gasteiger partial charge < -0.3 is 9.67 Å². The number of nitrogens with zero attached hydrogens (tertiary/aromatic N) is 2. The highest BCUT2D eigenvalue weighted by molar-refractivity contribution is 5.21. The van der Waals surface area contributed by atoms with Crippen molar-refractivity contribution in [2.24, 2.45) is 0 Å². The molecule has 22 heavy (non-hydrogen) atoms. The molecule has 0 amide bonds.